The molecule has 2 rings (SSSR count). The molecule has 1 heterocycles. The van der Waals surface area contributed by atoms with Crippen molar-refractivity contribution in [3.8, 4) is 0 Å². The molecule has 0 fully saturated rings. The number of sulfonamides is 1. The molecule has 0 bridgehead atoms. The van der Waals surface area contributed by atoms with Crippen LogP contribution in [0.5, 0.6) is 0 Å². The van der Waals surface area contributed by atoms with Gasteiger partial charge in [-0.05, 0) is 44.2 Å². The zero-order valence-electron chi connectivity index (χ0n) is 14.2. The van der Waals surface area contributed by atoms with Crippen molar-refractivity contribution >= 4 is 27.5 Å². The van der Waals surface area contributed by atoms with Gasteiger partial charge in [-0.15, -0.1) is 0 Å². The SMILES string of the molecule is CON(C)S(=O)(=O)c1cc(C(=O)NC(C)c2ccc(C)o2)ccc1Cl. The maximum atomic E-state index is 12.4. The van der Waals surface area contributed by atoms with Gasteiger partial charge in [0.1, 0.15) is 16.4 Å². The fourth-order valence-electron chi connectivity index (χ4n) is 2.12. The molecule has 0 aliphatic heterocycles. The fraction of sp³-hybridized carbons (Fsp3) is 0.312. The van der Waals surface area contributed by atoms with Gasteiger partial charge in [0.15, 0.2) is 0 Å². The van der Waals surface area contributed by atoms with Crippen molar-refractivity contribution in [2.75, 3.05) is 14.2 Å². The summed E-state index contributed by atoms with van der Waals surface area (Å²) in [6, 6.07) is 7.20. The number of nitrogens with one attached hydrogen (secondary N) is 1. The Balaban J connectivity index is 2.28. The summed E-state index contributed by atoms with van der Waals surface area (Å²) in [6.45, 7) is 3.57. The molecule has 1 atom stereocenters. The molecule has 0 radical (unpaired) electrons. The lowest BCUT2D eigenvalue weighted by Gasteiger charge is -2.16. The fourth-order valence-corrected chi connectivity index (χ4v) is 3.59. The molecular formula is C16H19ClN2O5S. The molecule has 136 valence electrons. The standard InChI is InChI=1S/C16H19ClN2O5S/c1-10-5-8-14(24-10)11(2)18-16(20)12-6-7-13(17)15(9-12)25(21,22)19(3)23-4/h5-9,11H,1-4H3,(H,18,20). The highest BCUT2D eigenvalue weighted by molar-refractivity contribution is 7.89. The number of aryl methyl sites for hydroxylation is 1. The molecule has 0 aliphatic carbocycles. The van der Waals surface area contributed by atoms with Gasteiger partial charge in [-0.1, -0.05) is 16.1 Å². The zero-order valence-corrected chi connectivity index (χ0v) is 15.8. The quantitative estimate of drug-likeness (QED) is 0.771. The minimum absolute atomic E-state index is 0.00448. The average Bonchev–Trinajstić information content (AvgIpc) is 3.00. The monoisotopic (exact) mass is 386 g/mol. The third-order valence-electron chi connectivity index (χ3n) is 3.60. The molecular weight excluding hydrogens is 368 g/mol. The van der Waals surface area contributed by atoms with E-state index in [1.165, 1.54) is 32.4 Å². The van der Waals surface area contributed by atoms with Crippen molar-refractivity contribution in [3.63, 3.8) is 0 Å². The Morgan fingerprint density at radius 2 is 2.00 bits per heavy atom. The molecule has 2 aromatic rings. The topological polar surface area (TPSA) is 88.8 Å². The smallest absolute Gasteiger partial charge is 0.266 e. The molecule has 1 aromatic heterocycles. The molecule has 1 unspecified atom stereocenters. The summed E-state index contributed by atoms with van der Waals surface area (Å²) in [5.74, 6) is 0.889. The molecule has 0 spiro atoms. The number of hydroxylamine groups is 1. The van der Waals surface area contributed by atoms with E-state index in [2.05, 4.69) is 5.32 Å². The van der Waals surface area contributed by atoms with E-state index in [4.69, 9.17) is 20.9 Å². The van der Waals surface area contributed by atoms with Crippen LogP contribution < -0.4 is 5.32 Å². The van der Waals surface area contributed by atoms with Gasteiger partial charge in [-0.3, -0.25) is 9.63 Å². The highest BCUT2D eigenvalue weighted by atomic mass is 35.5. The van der Waals surface area contributed by atoms with Gasteiger partial charge in [-0.2, -0.15) is 0 Å². The number of hydrogen-bond donors (Lipinski definition) is 1. The summed E-state index contributed by atoms with van der Waals surface area (Å²) in [5.41, 5.74) is 0.155. The third-order valence-corrected chi connectivity index (χ3v) is 5.76. The van der Waals surface area contributed by atoms with E-state index in [-0.39, 0.29) is 21.5 Å². The van der Waals surface area contributed by atoms with Crippen molar-refractivity contribution in [1.29, 1.82) is 0 Å². The van der Waals surface area contributed by atoms with Crippen molar-refractivity contribution < 1.29 is 22.5 Å². The molecule has 1 amide bonds. The van der Waals surface area contributed by atoms with E-state index in [1.807, 2.05) is 0 Å². The number of carbonyl (C=O) groups excluding carboxylic acids is 1. The van der Waals surface area contributed by atoms with Crippen LogP contribution in [0.25, 0.3) is 0 Å². The number of nitrogens with zero attached hydrogens (tertiary/aromatic N) is 1. The van der Waals surface area contributed by atoms with Crippen LogP contribution in [0.15, 0.2) is 39.6 Å². The second-order valence-corrected chi connectivity index (χ2v) is 7.70. The Morgan fingerprint density at radius 3 is 2.56 bits per heavy atom. The minimum Gasteiger partial charge on any atom is -0.464 e. The lowest BCUT2D eigenvalue weighted by molar-refractivity contribution is -0.0258. The lowest BCUT2D eigenvalue weighted by atomic mass is 10.2. The average molecular weight is 387 g/mol. The molecule has 0 saturated carbocycles. The van der Waals surface area contributed by atoms with Crippen LogP contribution in [0.3, 0.4) is 0 Å². The summed E-state index contributed by atoms with van der Waals surface area (Å²) >= 11 is 5.98. The Labute approximate surface area is 151 Å². The number of rotatable bonds is 6. The van der Waals surface area contributed by atoms with Gasteiger partial charge in [0.25, 0.3) is 15.9 Å². The molecule has 9 heteroatoms. The van der Waals surface area contributed by atoms with Crippen LogP contribution >= 0.6 is 11.6 Å². The van der Waals surface area contributed by atoms with Crippen molar-refractivity contribution in [2.24, 2.45) is 0 Å². The van der Waals surface area contributed by atoms with Crippen molar-refractivity contribution in [3.05, 3.63) is 52.4 Å². The van der Waals surface area contributed by atoms with Crippen LogP contribution in [0.1, 0.15) is 34.8 Å². The number of amides is 1. The second kappa shape index (κ2) is 7.57. The van der Waals surface area contributed by atoms with Gasteiger partial charge in [-0.25, -0.2) is 8.42 Å². The van der Waals surface area contributed by atoms with Gasteiger partial charge >= 0.3 is 0 Å². The summed E-state index contributed by atoms with van der Waals surface area (Å²) in [4.78, 5) is 16.9. The summed E-state index contributed by atoms with van der Waals surface area (Å²) in [7, 11) is -1.52. The number of halogens is 1. The molecule has 0 saturated heterocycles. The first-order valence-electron chi connectivity index (χ1n) is 7.36. The van der Waals surface area contributed by atoms with Crippen LogP contribution in [0.2, 0.25) is 5.02 Å². The maximum Gasteiger partial charge on any atom is 0.266 e. The molecule has 25 heavy (non-hydrogen) atoms. The Bertz CT molecular complexity index is 878. The van der Waals surface area contributed by atoms with Crippen LogP contribution in [0, 0.1) is 6.92 Å². The number of benzene rings is 1. The molecule has 1 N–H and O–H groups in total. The van der Waals surface area contributed by atoms with Gasteiger partial charge in [0, 0.05) is 12.6 Å². The predicted molar refractivity (Wildman–Crippen MR) is 92.7 cm³/mol. The molecule has 0 aliphatic rings. The second-order valence-electron chi connectivity index (χ2n) is 5.39. The highest BCUT2D eigenvalue weighted by Crippen LogP contribution is 2.26. The van der Waals surface area contributed by atoms with Gasteiger partial charge < -0.3 is 9.73 Å². The third kappa shape index (κ3) is 4.21. The highest BCUT2D eigenvalue weighted by Gasteiger charge is 2.25. The predicted octanol–water partition coefficient (Wildman–Crippen LogP) is 2.91. The number of furan rings is 1. The van der Waals surface area contributed by atoms with Gasteiger partial charge in [0.2, 0.25) is 0 Å². The number of hydrogen-bond acceptors (Lipinski definition) is 5. The Kier molecular flexibility index (Phi) is 5.89. The van der Waals surface area contributed by atoms with E-state index in [0.29, 0.717) is 10.2 Å². The van der Waals surface area contributed by atoms with E-state index in [9.17, 15) is 13.2 Å². The lowest BCUT2D eigenvalue weighted by Crippen LogP contribution is -2.28. The summed E-state index contributed by atoms with van der Waals surface area (Å²) < 4.78 is 30.9. The van der Waals surface area contributed by atoms with Crippen LogP contribution in [-0.2, 0) is 14.9 Å². The van der Waals surface area contributed by atoms with E-state index in [1.54, 1.807) is 26.0 Å². The first-order valence-corrected chi connectivity index (χ1v) is 9.18. The largest absolute Gasteiger partial charge is 0.464 e. The van der Waals surface area contributed by atoms with Crippen LogP contribution in [-0.4, -0.2) is 33.0 Å². The maximum absolute atomic E-state index is 12.4. The van der Waals surface area contributed by atoms with Gasteiger partial charge in [0.05, 0.1) is 18.2 Å². The Morgan fingerprint density at radius 1 is 1.32 bits per heavy atom. The first-order chi connectivity index (χ1) is 11.7. The first kappa shape index (κ1) is 19.5. The van der Waals surface area contributed by atoms with Crippen LogP contribution in [0.4, 0.5) is 0 Å². The number of carbonyl (C=O) groups is 1. The van der Waals surface area contributed by atoms with Crippen molar-refractivity contribution in [1.82, 2.24) is 9.79 Å². The minimum atomic E-state index is -3.97. The van der Waals surface area contributed by atoms with E-state index in [0.717, 1.165) is 5.76 Å². The van der Waals surface area contributed by atoms with E-state index < -0.39 is 15.9 Å². The van der Waals surface area contributed by atoms with Crippen molar-refractivity contribution in [2.45, 2.75) is 24.8 Å². The normalized spacial score (nSPS) is 13.0. The Hall–Kier alpha value is -1.87. The zero-order chi connectivity index (χ0) is 18.8. The van der Waals surface area contributed by atoms with E-state index >= 15 is 0 Å². The molecule has 1 aromatic carbocycles. The summed E-state index contributed by atoms with van der Waals surface area (Å²) in [5, 5.41) is 2.75. The summed E-state index contributed by atoms with van der Waals surface area (Å²) in [6.07, 6.45) is 0. The molecule has 7 nitrogen and oxygen atoms in total.